The van der Waals surface area contributed by atoms with E-state index < -0.39 is 5.97 Å². The van der Waals surface area contributed by atoms with Gasteiger partial charge in [-0.3, -0.25) is 14.3 Å². The second kappa shape index (κ2) is 7.17. The van der Waals surface area contributed by atoms with Crippen LogP contribution in [0.3, 0.4) is 0 Å². The summed E-state index contributed by atoms with van der Waals surface area (Å²) in [7, 11) is 0. The first-order chi connectivity index (χ1) is 10.4. The van der Waals surface area contributed by atoms with Crippen LogP contribution in [0.1, 0.15) is 21.6 Å². The van der Waals surface area contributed by atoms with Gasteiger partial charge in [0.2, 0.25) is 0 Å². The molecule has 116 valence electrons. The van der Waals surface area contributed by atoms with E-state index in [2.05, 4.69) is 5.10 Å². The third kappa shape index (κ3) is 3.63. The molecule has 0 saturated carbocycles. The maximum Gasteiger partial charge on any atom is 0.313 e. The lowest BCUT2D eigenvalue weighted by Crippen LogP contribution is -2.07. The van der Waals surface area contributed by atoms with E-state index in [-0.39, 0.29) is 12.3 Å². The maximum absolute atomic E-state index is 11.2. The van der Waals surface area contributed by atoms with Crippen LogP contribution < -0.4 is 0 Å². The molecule has 2 rings (SSSR count). The molecule has 0 spiro atoms. The van der Waals surface area contributed by atoms with Crippen molar-refractivity contribution in [2.24, 2.45) is 0 Å². The highest BCUT2D eigenvalue weighted by molar-refractivity contribution is 8.00. The summed E-state index contributed by atoms with van der Waals surface area (Å²) >= 11 is 13.3. The fraction of sp³-hybridized carbons (Fsp3) is 0.214. The molecule has 0 aliphatic rings. The lowest BCUT2D eigenvalue weighted by Gasteiger charge is -2.10. The second-order valence-corrected chi connectivity index (χ2v) is 6.24. The molecule has 8 heteroatoms. The predicted molar refractivity (Wildman–Crippen MR) is 86.3 cm³/mol. The number of carbonyl (C=O) groups is 2. The summed E-state index contributed by atoms with van der Waals surface area (Å²) in [6, 6.07) is 5.16. The van der Waals surface area contributed by atoms with Crippen LogP contribution >= 0.6 is 35.0 Å². The number of aromatic nitrogens is 2. The zero-order chi connectivity index (χ0) is 16.3. The molecule has 0 aliphatic carbocycles. The molecule has 0 radical (unpaired) electrons. The van der Waals surface area contributed by atoms with E-state index in [9.17, 15) is 9.59 Å². The van der Waals surface area contributed by atoms with Crippen molar-refractivity contribution in [2.45, 2.75) is 18.5 Å². The number of thioether (sulfide) groups is 1. The Balaban J connectivity index is 2.42. The Morgan fingerprint density at radius 3 is 2.59 bits per heavy atom. The van der Waals surface area contributed by atoms with Crippen molar-refractivity contribution < 1.29 is 14.7 Å². The van der Waals surface area contributed by atoms with Crippen molar-refractivity contribution in [3.8, 4) is 0 Å². The predicted octanol–water partition coefficient (Wildman–Crippen LogP) is 3.54. The second-order valence-electron chi connectivity index (χ2n) is 4.46. The van der Waals surface area contributed by atoms with E-state index >= 15 is 0 Å². The van der Waals surface area contributed by atoms with Gasteiger partial charge in [0.1, 0.15) is 5.03 Å². The van der Waals surface area contributed by atoms with Gasteiger partial charge in [0.25, 0.3) is 0 Å². The lowest BCUT2D eigenvalue weighted by molar-refractivity contribution is -0.133. The van der Waals surface area contributed by atoms with E-state index in [0.29, 0.717) is 38.2 Å². The van der Waals surface area contributed by atoms with Crippen molar-refractivity contribution in [1.82, 2.24) is 9.78 Å². The molecule has 0 aliphatic heterocycles. The van der Waals surface area contributed by atoms with Crippen LogP contribution in [0.2, 0.25) is 10.0 Å². The van der Waals surface area contributed by atoms with E-state index in [1.54, 1.807) is 29.8 Å². The number of aliphatic carboxylic acids is 1. The van der Waals surface area contributed by atoms with E-state index in [4.69, 9.17) is 28.3 Å². The number of benzene rings is 1. The highest BCUT2D eigenvalue weighted by atomic mass is 35.5. The smallest absolute Gasteiger partial charge is 0.313 e. The van der Waals surface area contributed by atoms with Crippen LogP contribution in [0.15, 0.2) is 23.2 Å². The quantitative estimate of drug-likeness (QED) is 0.631. The topological polar surface area (TPSA) is 72.2 Å². The number of hydrogen-bond donors (Lipinski definition) is 1. The van der Waals surface area contributed by atoms with Crippen molar-refractivity contribution in [2.75, 3.05) is 5.75 Å². The average Bonchev–Trinajstić information content (AvgIpc) is 2.75. The minimum Gasteiger partial charge on any atom is -0.481 e. The number of aryl methyl sites for hydroxylation is 1. The number of hydrogen-bond acceptors (Lipinski definition) is 4. The van der Waals surface area contributed by atoms with Gasteiger partial charge in [-0.2, -0.15) is 5.10 Å². The fourth-order valence-electron chi connectivity index (χ4n) is 1.93. The van der Waals surface area contributed by atoms with Crippen LogP contribution in [0.5, 0.6) is 0 Å². The molecule has 22 heavy (non-hydrogen) atoms. The largest absolute Gasteiger partial charge is 0.481 e. The van der Waals surface area contributed by atoms with Gasteiger partial charge >= 0.3 is 5.97 Å². The Labute approximate surface area is 141 Å². The number of carbonyl (C=O) groups excluding carboxylic acids is 1. The summed E-state index contributed by atoms with van der Waals surface area (Å²) in [5.74, 6) is -1.13. The average molecular weight is 359 g/mol. The van der Waals surface area contributed by atoms with Gasteiger partial charge in [0, 0.05) is 15.6 Å². The van der Waals surface area contributed by atoms with Crippen molar-refractivity contribution >= 4 is 47.2 Å². The van der Waals surface area contributed by atoms with Crippen LogP contribution in [0.25, 0.3) is 0 Å². The first kappa shape index (κ1) is 16.9. The highest BCUT2D eigenvalue weighted by Crippen LogP contribution is 2.29. The molecule has 0 bridgehead atoms. The molecule has 0 fully saturated rings. The molecule has 0 atom stereocenters. The standard InChI is InChI=1S/C14H12Cl2N2O3S/c1-8-10(6-19)14(22-7-13(20)21)18(17-8)5-9-11(15)3-2-4-12(9)16/h2-4,6H,5,7H2,1H3,(H,20,21). The highest BCUT2D eigenvalue weighted by Gasteiger charge is 2.18. The van der Waals surface area contributed by atoms with Gasteiger partial charge < -0.3 is 5.11 Å². The summed E-state index contributed by atoms with van der Waals surface area (Å²) in [6.07, 6.45) is 0.678. The summed E-state index contributed by atoms with van der Waals surface area (Å²) in [4.78, 5) is 22.0. The molecule has 1 heterocycles. The van der Waals surface area contributed by atoms with E-state index in [0.717, 1.165) is 11.8 Å². The normalized spacial score (nSPS) is 10.7. The van der Waals surface area contributed by atoms with Gasteiger partial charge in [-0.15, -0.1) is 0 Å². The monoisotopic (exact) mass is 358 g/mol. The molecule has 0 saturated heterocycles. The van der Waals surface area contributed by atoms with Crippen LogP contribution in [-0.4, -0.2) is 32.9 Å². The van der Waals surface area contributed by atoms with Gasteiger partial charge in [0.05, 0.1) is 23.6 Å². The van der Waals surface area contributed by atoms with Crippen LogP contribution in [0, 0.1) is 6.92 Å². The lowest BCUT2D eigenvalue weighted by atomic mass is 10.2. The number of halogens is 2. The third-order valence-corrected chi connectivity index (χ3v) is 4.75. The summed E-state index contributed by atoms with van der Waals surface area (Å²) in [6.45, 7) is 1.95. The minimum atomic E-state index is -0.969. The molecule has 0 amide bonds. The Morgan fingerprint density at radius 1 is 1.41 bits per heavy atom. The SMILES string of the molecule is Cc1nn(Cc2c(Cl)cccc2Cl)c(SCC(=O)O)c1C=O. The molecular formula is C14H12Cl2N2O3S. The van der Waals surface area contributed by atoms with Gasteiger partial charge in [-0.05, 0) is 19.1 Å². The molecule has 2 aromatic rings. The molecule has 1 aromatic heterocycles. The number of aldehydes is 1. The Morgan fingerprint density at radius 2 is 2.05 bits per heavy atom. The molecule has 1 N–H and O–H groups in total. The molecule has 0 unspecified atom stereocenters. The Kier molecular flexibility index (Phi) is 5.50. The Bertz CT molecular complexity index is 711. The van der Waals surface area contributed by atoms with Crippen molar-refractivity contribution in [3.05, 3.63) is 45.1 Å². The Hall–Kier alpha value is -1.50. The zero-order valence-corrected chi connectivity index (χ0v) is 13.9. The summed E-state index contributed by atoms with van der Waals surface area (Å²) in [5, 5.41) is 14.6. The zero-order valence-electron chi connectivity index (χ0n) is 11.5. The first-order valence-electron chi connectivity index (χ1n) is 6.24. The number of carboxylic acids is 1. The van der Waals surface area contributed by atoms with Crippen LogP contribution in [-0.2, 0) is 11.3 Å². The van der Waals surface area contributed by atoms with Crippen molar-refractivity contribution in [3.63, 3.8) is 0 Å². The van der Waals surface area contributed by atoms with E-state index in [1.165, 1.54) is 0 Å². The van der Waals surface area contributed by atoms with Gasteiger partial charge in [-0.1, -0.05) is 41.0 Å². The number of carboxylic acid groups (broad SMARTS) is 1. The van der Waals surface area contributed by atoms with E-state index in [1.807, 2.05) is 0 Å². The minimum absolute atomic E-state index is 0.164. The third-order valence-electron chi connectivity index (χ3n) is 2.95. The van der Waals surface area contributed by atoms with Gasteiger partial charge in [-0.25, -0.2) is 0 Å². The van der Waals surface area contributed by atoms with Gasteiger partial charge in [0.15, 0.2) is 6.29 Å². The number of nitrogens with zero attached hydrogens (tertiary/aromatic N) is 2. The molecule has 1 aromatic carbocycles. The number of rotatable bonds is 6. The molecular weight excluding hydrogens is 347 g/mol. The summed E-state index contributed by atoms with van der Waals surface area (Å²) in [5.41, 5.74) is 1.59. The van der Waals surface area contributed by atoms with Crippen LogP contribution in [0.4, 0.5) is 0 Å². The van der Waals surface area contributed by atoms with Crippen molar-refractivity contribution in [1.29, 1.82) is 0 Å². The molecule has 5 nitrogen and oxygen atoms in total. The first-order valence-corrected chi connectivity index (χ1v) is 7.98. The summed E-state index contributed by atoms with van der Waals surface area (Å²) < 4.78 is 1.56. The maximum atomic E-state index is 11.2. The fourth-order valence-corrected chi connectivity index (χ4v) is 3.32.